The van der Waals surface area contributed by atoms with E-state index in [4.69, 9.17) is 26.4 Å². The maximum absolute atomic E-state index is 6.51. The number of rotatable bonds is 4. The van der Waals surface area contributed by atoms with Crippen molar-refractivity contribution in [3.05, 3.63) is 54.1 Å². The minimum absolute atomic E-state index is 0.118. The van der Waals surface area contributed by atoms with Crippen LogP contribution in [0, 0.1) is 0 Å². The quantitative estimate of drug-likeness (QED) is 0.442. The van der Waals surface area contributed by atoms with Gasteiger partial charge in [0.1, 0.15) is 11.9 Å². The van der Waals surface area contributed by atoms with Gasteiger partial charge in [0.2, 0.25) is 0 Å². The zero-order valence-corrected chi connectivity index (χ0v) is 20.4. The van der Waals surface area contributed by atoms with E-state index in [1.165, 1.54) is 11.1 Å². The van der Waals surface area contributed by atoms with E-state index in [9.17, 15) is 0 Å². The number of methoxy groups -OCH3 is 1. The topological polar surface area (TPSA) is 43.0 Å². The lowest BCUT2D eigenvalue weighted by Crippen LogP contribution is -2.32. The summed E-state index contributed by atoms with van der Waals surface area (Å²) in [5.74, 6) is 1.93. The van der Waals surface area contributed by atoms with E-state index in [0.717, 1.165) is 28.1 Å². The molecule has 2 aromatic rings. The summed E-state index contributed by atoms with van der Waals surface area (Å²) in [4.78, 5) is 1.75. The van der Waals surface area contributed by atoms with E-state index >= 15 is 0 Å². The highest BCUT2D eigenvalue weighted by atomic mass is 32.1. The molecule has 0 aliphatic carbocycles. The van der Waals surface area contributed by atoms with Gasteiger partial charge in [-0.2, -0.15) is 0 Å². The molecular weight excluding hydrogens is 420 g/mol. The lowest BCUT2D eigenvalue weighted by Gasteiger charge is -2.37. The Morgan fingerprint density at radius 3 is 2.66 bits per heavy atom. The van der Waals surface area contributed by atoms with Crippen LogP contribution in [0.1, 0.15) is 44.4 Å². The van der Waals surface area contributed by atoms with Crippen LogP contribution >= 0.6 is 12.2 Å². The average Bonchev–Trinajstić information content (AvgIpc) is 2.72. The van der Waals surface area contributed by atoms with Crippen molar-refractivity contribution in [3.63, 3.8) is 0 Å². The molecule has 0 saturated heterocycles. The Morgan fingerprint density at radius 2 is 2.00 bits per heavy atom. The second-order valence-electron chi connectivity index (χ2n) is 8.99. The molecule has 0 fully saturated rings. The van der Waals surface area contributed by atoms with Gasteiger partial charge in [-0.05, 0) is 62.3 Å². The van der Waals surface area contributed by atoms with Crippen LogP contribution in [0.4, 0.5) is 5.69 Å². The molecule has 4 rings (SSSR count). The van der Waals surface area contributed by atoms with E-state index < -0.39 is 0 Å². The second-order valence-corrected chi connectivity index (χ2v) is 9.34. The van der Waals surface area contributed by atoms with E-state index in [0.29, 0.717) is 23.1 Å². The van der Waals surface area contributed by atoms with Gasteiger partial charge in [0.25, 0.3) is 5.17 Å². The van der Waals surface area contributed by atoms with E-state index in [1.54, 1.807) is 12.0 Å². The minimum atomic E-state index is -0.143. The van der Waals surface area contributed by atoms with Gasteiger partial charge in [0.15, 0.2) is 11.5 Å². The molecular formula is C26H30N2O3S. The maximum Gasteiger partial charge on any atom is 0.264 e. The van der Waals surface area contributed by atoms with Gasteiger partial charge in [-0.3, -0.25) is 0 Å². The molecule has 2 aromatic carbocycles. The van der Waals surface area contributed by atoms with E-state index in [-0.39, 0.29) is 11.6 Å². The first-order valence-electron chi connectivity index (χ1n) is 10.7. The van der Waals surface area contributed by atoms with Crippen molar-refractivity contribution in [2.75, 3.05) is 26.5 Å². The monoisotopic (exact) mass is 450 g/mol. The smallest absolute Gasteiger partial charge is 0.264 e. The normalized spacial score (nSPS) is 17.4. The second kappa shape index (κ2) is 8.17. The third kappa shape index (κ3) is 3.73. The number of thiocarbonyl (C=S) groups is 1. The predicted molar refractivity (Wildman–Crippen MR) is 135 cm³/mol. The molecule has 0 bridgehead atoms. The van der Waals surface area contributed by atoms with Crippen molar-refractivity contribution in [2.45, 2.75) is 38.8 Å². The van der Waals surface area contributed by atoms with Crippen LogP contribution in [0.15, 0.2) is 43.0 Å². The van der Waals surface area contributed by atoms with Gasteiger partial charge in [-0.1, -0.05) is 18.2 Å². The van der Waals surface area contributed by atoms with Crippen LogP contribution in [-0.4, -0.2) is 36.8 Å². The molecule has 2 aliphatic heterocycles. The number of anilines is 1. The average molecular weight is 451 g/mol. The fraction of sp³-hybridized carbons (Fsp3) is 0.346. The first-order chi connectivity index (χ1) is 15.2. The van der Waals surface area contributed by atoms with E-state index in [2.05, 4.69) is 50.9 Å². The first kappa shape index (κ1) is 22.2. The molecule has 0 saturated carbocycles. The lowest BCUT2D eigenvalue weighted by molar-refractivity contribution is 0.204. The first-order valence-corrected chi connectivity index (χ1v) is 11.1. The van der Waals surface area contributed by atoms with Crippen molar-refractivity contribution in [3.8, 4) is 28.4 Å². The minimum Gasteiger partial charge on any atom is -0.492 e. The zero-order valence-electron chi connectivity index (χ0n) is 19.5. The molecule has 32 heavy (non-hydrogen) atoms. The number of benzene rings is 2. The zero-order chi connectivity index (χ0) is 23.2. The largest absolute Gasteiger partial charge is 0.492 e. The van der Waals surface area contributed by atoms with Crippen LogP contribution < -0.4 is 19.5 Å². The standard InChI is InChI=1S/C26H30N2O3S/c1-8-9-18-22-16(10-11-17-21(22)15(2)14-26(3,4)27-17)23-19(30-18)12-13-20(24(23)29-7)31-25(32)28(5)6/h8,10-14,18,27H,1,9H2,2-7H3. The van der Waals surface area contributed by atoms with E-state index in [1.807, 2.05) is 32.3 Å². The number of hydrogen-bond acceptors (Lipinski definition) is 5. The number of allylic oxidation sites excluding steroid dienone is 1. The Balaban J connectivity index is 1.96. The number of fused-ring (bicyclic) bond motifs is 5. The Labute approximate surface area is 195 Å². The molecule has 0 amide bonds. The molecule has 1 atom stereocenters. The number of nitrogens with one attached hydrogen (secondary N) is 1. The molecule has 0 aromatic heterocycles. The molecule has 2 aliphatic rings. The van der Waals surface area contributed by atoms with Gasteiger partial charge in [-0.25, -0.2) is 0 Å². The van der Waals surface area contributed by atoms with Crippen LogP contribution in [0.25, 0.3) is 16.7 Å². The fourth-order valence-corrected chi connectivity index (χ4v) is 4.68. The molecule has 5 nitrogen and oxygen atoms in total. The molecule has 168 valence electrons. The van der Waals surface area contributed by atoms with Crippen molar-refractivity contribution in [1.29, 1.82) is 0 Å². The van der Waals surface area contributed by atoms with Crippen LogP contribution in [-0.2, 0) is 0 Å². The summed E-state index contributed by atoms with van der Waals surface area (Å²) in [6, 6.07) is 8.05. The summed E-state index contributed by atoms with van der Waals surface area (Å²) >= 11 is 5.36. The fourth-order valence-electron chi connectivity index (χ4n) is 4.59. The van der Waals surface area contributed by atoms with Crippen molar-refractivity contribution in [2.24, 2.45) is 0 Å². The molecule has 6 heteroatoms. The third-order valence-electron chi connectivity index (χ3n) is 5.77. The van der Waals surface area contributed by atoms with Gasteiger partial charge in [0.05, 0.1) is 18.2 Å². The third-order valence-corrected chi connectivity index (χ3v) is 6.21. The highest BCUT2D eigenvalue weighted by molar-refractivity contribution is 7.80. The summed E-state index contributed by atoms with van der Waals surface area (Å²) < 4.78 is 18.3. The molecule has 0 spiro atoms. The molecule has 2 heterocycles. The number of ether oxygens (including phenoxy) is 3. The SMILES string of the molecule is C=CCC1Oc2ccc(OC(=S)N(C)C)c(OC)c2-c2ccc3c(c21)C(C)=CC(C)(C)N3. The summed E-state index contributed by atoms with van der Waals surface area (Å²) in [7, 11) is 5.34. The highest BCUT2D eigenvalue weighted by Crippen LogP contribution is 2.54. The summed E-state index contributed by atoms with van der Waals surface area (Å²) in [6.45, 7) is 10.5. The van der Waals surface area contributed by atoms with Crippen LogP contribution in [0.2, 0.25) is 0 Å². The number of nitrogens with zero attached hydrogens (tertiary/aromatic N) is 1. The molecule has 0 radical (unpaired) electrons. The Kier molecular flexibility index (Phi) is 5.67. The van der Waals surface area contributed by atoms with Gasteiger partial charge >= 0.3 is 0 Å². The van der Waals surface area contributed by atoms with Crippen molar-refractivity contribution >= 4 is 28.7 Å². The Bertz CT molecular complexity index is 1130. The molecule has 1 N–H and O–H groups in total. The summed E-state index contributed by atoms with van der Waals surface area (Å²) in [6.07, 6.45) is 4.73. The lowest BCUT2D eigenvalue weighted by atomic mass is 9.81. The van der Waals surface area contributed by atoms with Gasteiger partial charge in [0, 0.05) is 37.3 Å². The van der Waals surface area contributed by atoms with Crippen molar-refractivity contribution in [1.82, 2.24) is 4.90 Å². The van der Waals surface area contributed by atoms with Crippen LogP contribution in [0.5, 0.6) is 17.2 Å². The summed E-state index contributed by atoms with van der Waals surface area (Å²) in [5, 5.41) is 4.01. The summed E-state index contributed by atoms with van der Waals surface area (Å²) in [5.41, 5.74) is 6.48. The van der Waals surface area contributed by atoms with Crippen LogP contribution in [0.3, 0.4) is 0 Å². The Morgan fingerprint density at radius 1 is 1.25 bits per heavy atom. The highest BCUT2D eigenvalue weighted by Gasteiger charge is 2.35. The van der Waals surface area contributed by atoms with Crippen molar-refractivity contribution < 1.29 is 14.2 Å². The maximum atomic E-state index is 6.51. The molecule has 1 unspecified atom stereocenters. The van der Waals surface area contributed by atoms with Gasteiger partial charge < -0.3 is 24.4 Å². The number of hydrogen-bond donors (Lipinski definition) is 1. The predicted octanol–water partition coefficient (Wildman–Crippen LogP) is 6.20. The Hall–Kier alpha value is -2.99. The van der Waals surface area contributed by atoms with Gasteiger partial charge in [-0.15, -0.1) is 6.58 Å².